The maximum atomic E-state index is 12.7. The molecule has 186 valence electrons. The van der Waals surface area contributed by atoms with Crippen molar-refractivity contribution in [2.75, 3.05) is 6.61 Å². The van der Waals surface area contributed by atoms with Crippen molar-refractivity contribution in [2.45, 2.75) is 43.7 Å². The Bertz CT molecular complexity index is 1300. The fourth-order valence-corrected chi connectivity index (χ4v) is 5.29. The zero-order valence-electron chi connectivity index (χ0n) is 19.7. The quantitative estimate of drug-likeness (QED) is 0.399. The zero-order valence-corrected chi connectivity index (χ0v) is 21.4. The number of carbonyl (C=O) groups excluding carboxylic acids is 1. The van der Waals surface area contributed by atoms with Gasteiger partial charge < -0.3 is 4.74 Å². The van der Waals surface area contributed by atoms with Crippen LogP contribution < -0.4 is 9.44 Å². The molecule has 0 spiro atoms. The van der Waals surface area contributed by atoms with E-state index in [4.69, 9.17) is 4.74 Å². The number of aryl methyl sites for hydroxylation is 2. The average molecular weight is 517 g/mol. The SMILES string of the molecule is CCOC(=O)c1cc(CNS(=O)(=O)c2ccc(C)cc2)cc(CNS(=O)(=O)c2ccc(C)cc2)c1. The minimum absolute atomic E-state index is 0.0961. The van der Waals surface area contributed by atoms with Crippen LogP contribution in [0, 0.1) is 13.8 Å². The third kappa shape index (κ3) is 7.22. The third-order valence-electron chi connectivity index (χ3n) is 5.16. The van der Waals surface area contributed by atoms with Crippen molar-refractivity contribution < 1.29 is 26.4 Å². The van der Waals surface area contributed by atoms with Crippen LogP contribution in [0.25, 0.3) is 0 Å². The second-order valence-electron chi connectivity index (χ2n) is 8.03. The van der Waals surface area contributed by atoms with Crippen molar-refractivity contribution in [1.82, 2.24) is 9.44 Å². The number of sulfonamides is 2. The molecule has 0 aliphatic rings. The Kier molecular flexibility index (Phi) is 8.44. The van der Waals surface area contributed by atoms with Gasteiger partial charge in [-0.3, -0.25) is 0 Å². The molecule has 0 aliphatic heterocycles. The van der Waals surface area contributed by atoms with Crippen LogP contribution in [0.15, 0.2) is 76.5 Å². The van der Waals surface area contributed by atoms with Crippen LogP contribution >= 0.6 is 0 Å². The van der Waals surface area contributed by atoms with Gasteiger partial charge in [-0.05, 0) is 68.3 Å². The lowest BCUT2D eigenvalue weighted by Crippen LogP contribution is -2.25. The average Bonchev–Trinajstić information content (AvgIpc) is 2.82. The highest BCUT2D eigenvalue weighted by molar-refractivity contribution is 7.89. The van der Waals surface area contributed by atoms with E-state index in [-0.39, 0.29) is 35.1 Å². The van der Waals surface area contributed by atoms with Crippen molar-refractivity contribution in [3.8, 4) is 0 Å². The van der Waals surface area contributed by atoms with Crippen LogP contribution in [0.4, 0.5) is 0 Å². The van der Waals surface area contributed by atoms with Gasteiger partial charge in [0, 0.05) is 13.1 Å². The van der Waals surface area contributed by atoms with Crippen LogP contribution in [-0.4, -0.2) is 29.4 Å². The third-order valence-corrected chi connectivity index (χ3v) is 7.99. The predicted molar refractivity (Wildman–Crippen MR) is 133 cm³/mol. The molecule has 0 saturated carbocycles. The van der Waals surface area contributed by atoms with Crippen LogP contribution in [0.3, 0.4) is 0 Å². The summed E-state index contributed by atoms with van der Waals surface area (Å²) in [6.07, 6.45) is 0. The number of esters is 1. The van der Waals surface area contributed by atoms with Crippen LogP contribution in [-0.2, 0) is 37.9 Å². The first kappa shape index (κ1) is 26.6. The molecule has 0 amide bonds. The maximum absolute atomic E-state index is 12.7. The second kappa shape index (κ2) is 11.1. The van der Waals surface area contributed by atoms with E-state index >= 15 is 0 Å². The lowest BCUT2D eigenvalue weighted by molar-refractivity contribution is 0.0526. The van der Waals surface area contributed by atoms with Gasteiger partial charge in [-0.1, -0.05) is 41.5 Å². The molecule has 0 atom stereocenters. The Morgan fingerprint density at radius 1 is 0.714 bits per heavy atom. The highest BCUT2D eigenvalue weighted by Gasteiger charge is 2.17. The van der Waals surface area contributed by atoms with Crippen LogP contribution in [0.1, 0.15) is 39.5 Å². The summed E-state index contributed by atoms with van der Waals surface area (Å²) >= 11 is 0. The molecule has 0 radical (unpaired) electrons. The highest BCUT2D eigenvalue weighted by Crippen LogP contribution is 2.16. The molecule has 0 bridgehead atoms. The summed E-state index contributed by atoms with van der Waals surface area (Å²) in [5.41, 5.74) is 3.03. The number of carbonyl (C=O) groups is 1. The van der Waals surface area contributed by atoms with E-state index < -0.39 is 26.0 Å². The molecule has 2 N–H and O–H groups in total. The van der Waals surface area contributed by atoms with Crippen molar-refractivity contribution >= 4 is 26.0 Å². The normalized spacial score (nSPS) is 11.9. The molecule has 8 nitrogen and oxygen atoms in total. The molecule has 0 aliphatic carbocycles. The van der Waals surface area contributed by atoms with Gasteiger partial charge in [0.15, 0.2) is 0 Å². The summed E-state index contributed by atoms with van der Waals surface area (Å²) in [7, 11) is -7.57. The number of hydrogen-bond donors (Lipinski definition) is 2. The Balaban J connectivity index is 1.82. The molecule has 0 heterocycles. The predicted octanol–water partition coefficient (Wildman–Crippen LogP) is 3.44. The van der Waals surface area contributed by atoms with Gasteiger partial charge in [-0.25, -0.2) is 31.1 Å². The first-order valence-electron chi connectivity index (χ1n) is 10.9. The lowest BCUT2D eigenvalue weighted by Gasteiger charge is -2.12. The van der Waals surface area contributed by atoms with Crippen LogP contribution in [0.2, 0.25) is 0 Å². The minimum Gasteiger partial charge on any atom is -0.462 e. The molecule has 3 aromatic carbocycles. The van der Waals surface area contributed by atoms with Crippen molar-refractivity contribution in [1.29, 1.82) is 0 Å². The van der Waals surface area contributed by atoms with Gasteiger partial charge in [-0.15, -0.1) is 0 Å². The minimum atomic E-state index is -3.78. The summed E-state index contributed by atoms with van der Waals surface area (Å²) in [6, 6.07) is 17.5. The summed E-state index contributed by atoms with van der Waals surface area (Å²) in [5, 5.41) is 0. The molecule has 0 saturated heterocycles. The molecule has 0 aromatic heterocycles. The smallest absolute Gasteiger partial charge is 0.338 e. The molecular formula is C25H28N2O6S2. The summed E-state index contributed by atoms with van der Waals surface area (Å²) in [6.45, 7) is 5.37. The zero-order chi connectivity index (χ0) is 25.6. The number of hydrogen-bond acceptors (Lipinski definition) is 6. The molecule has 35 heavy (non-hydrogen) atoms. The monoisotopic (exact) mass is 516 g/mol. The van der Waals surface area contributed by atoms with E-state index in [2.05, 4.69) is 9.44 Å². The van der Waals surface area contributed by atoms with Crippen molar-refractivity contribution in [2.24, 2.45) is 0 Å². The lowest BCUT2D eigenvalue weighted by atomic mass is 10.1. The number of benzene rings is 3. The summed E-state index contributed by atoms with van der Waals surface area (Å²) < 4.78 is 60.8. The first-order chi connectivity index (χ1) is 16.5. The van der Waals surface area contributed by atoms with Gasteiger partial charge >= 0.3 is 5.97 Å². The van der Waals surface area contributed by atoms with Gasteiger partial charge in [0.25, 0.3) is 0 Å². The van der Waals surface area contributed by atoms with E-state index in [1.807, 2.05) is 13.8 Å². The number of ether oxygens (including phenoxy) is 1. The van der Waals surface area contributed by atoms with Gasteiger partial charge in [0.2, 0.25) is 20.0 Å². The van der Waals surface area contributed by atoms with Crippen molar-refractivity contribution in [3.05, 3.63) is 94.5 Å². The standard InChI is InChI=1S/C25H28N2O6S2/c1-4-33-25(28)22-14-20(16-26-34(29,30)23-9-5-18(2)6-10-23)13-21(15-22)17-27-35(31,32)24-11-7-19(3)8-12-24/h5-15,26-27H,4,16-17H2,1-3H3. The van der Waals surface area contributed by atoms with E-state index in [0.29, 0.717) is 11.1 Å². The van der Waals surface area contributed by atoms with E-state index in [1.165, 1.54) is 36.4 Å². The molecular weight excluding hydrogens is 488 g/mol. The van der Waals surface area contributed by atoms with Gasteiger partial charge in [-0.2, -0.15) is 0 Å². The Labute approximate surface area is 206 Å². The fraction of sp³-hybridized carbons (Fsp3) is 0.240. The van der Waals surface area contributed by atoms with Crippen molar-refractivity contribution in [3.63, 3.8) is 0 Å². The number of nitrogens with one attached hydrogen (secondary N) is 2. The Morgan fingerprint density at radius 3 is 1.49 bits per heavy atom. The molecule has 3 rings (SSSR count). The van der Waals surface area contributed by atoms with Gasteiger partial charge in [0.1, 0.15) is 0 Å². The largest absolute Gasteiger partial charge is 0.462 e. The first-order valence-corrected chi connectivity index (χ1v) is 13.9. The Morgan fingerprint density at radius 2 is 1.11 bits per heavy atom. The molecule has 10 heteroatoms. The topological polar surface area (TPSA) is 119 Å². The maximum Gasteiger partial charge on any atom is 0.338 e. The summed E-state index contributed by atoms with van der Waals surface area (Å²) in [5.74, 6) is -0.585. The van der Waals surface area contributed by atoms with E-state index in [9.17, 15) is 21.6 Å². The highest BCUT2D eigenvalue weighted by atomic mass is 32.2. The van der Waals surface area contributed by atoms with E-state index in [1.54, 1.807) is 37.3 Å². The molecule has 0 fully saturated rings. The fourth-order valence-electron chi connectivity index (χ4n) is 3.26. The second-order valence-corrected chi connectivity index (χ2v) is 11.6. The molecule has 3 aromatic rings. The summed E-state index contributed by atoms with van der Waals surface area (Å²) in [4.78, 5) is 12.6. The Hall–Kier alpha value is -3.05. The molecule has 0 unspecified atom stereocenters. The van der Waals surface area contributed by atoms with Gasteiger partial charge in [0.05, 0.1) is 22.0 Å². The number of rotatable bonds is 10. The van der Waals surface area contributed by atoms with E-state index in [0.717, 1.165) is 11.1 Å². The van der Waals surface area contributed by atoms with Crippen LogP contribution in [0.5, 0.6) is 0 Å².